The molecule has 0 aliphatic carbocycles. The van der Waals surface area contributed by atoms with Crippen LogP contribution in [0.1, 0.15) is 59.3 Å². The van der Waals surface area contributed by atoms with Crippen molar-refractivity contribution in [3.8, 4) is 0 Å². The van der Waals surface area contributed by atoms with E-state index < -0.39 is 0 Å². The Morgan fingerprint density at radius 3 is 2.34 bits per heavy atom. The number of carbonyl (C=O) groups excluding carboxylic acids is 2. The SMILES string of the molecule is C[C@@H]1C[C@H](C)CN(C(=O)[C@@H]2c3ccccc3C(=O)N3CCc4ccccc4[C@@H]23)C1. The standard InChI is InChI=1S/C25H28N2O2/c1-16-13-17(2)15-26(14-16)25(29)22-20-9-5-6-10-21(20)24(28)27-12-11-18-7-3-4-8-19(18)23(22)27/h3-10,16-17,22-23H,11-15H2,1-2H3/t16-,17+,22-,23+/m1/s1. The molecule has 0 aromatic heterocycles. The van der Waals surface area contributed by atoms with Crippen LogP contribution in [0.4, 0.5) is 0 Å². The molecule has 4 atom stereocenters. The summed E-state index contributed by atoms with van der Waals surface area (Å²) < 4.78 is 0. The number of hydrogen-bond acceptors (Lipinski definition) is 2. The van der Waals surface area contributed by atoms with Gasteiger partial charge >= 0.3 is 0 Å². The zero-order valence-corrected chi connectivity index (χ0v) is 17.2. The lowest BCUT2D eigenvalue weighted by Crippen LogP contribution is -2.52. The lowest BCUT2D eigenvalue weighted by molar-refractivity contribution is -0.137. The number of hydrogen-bond donors (Lipinski definition) is 0. The number of amides is 2. The summed E-state index contributed by atoms with van der Waals surface area (Å²) in [4.78, 5) is 31.3. The van der Waals surface area contributed by atoms with E-state index in [4.69, 9.17) is 0 Å². The van der Waals surface area contributed by atoms with Gasteiger partial charge in [-0.15, -0.1) is 0 Å². The van der Waals surface area contributed by atoms with E-state index >= 15 is 0 Å². The summed E-state index contributed by atoms with van der Waals surface area (Å²) in [6, 6.07) is 15.9. The maximum atomic E-state index is 14.0. The van der Waals surface area contributed by atoms with E-state index in [2.05, 4.69) is 36.9 Å². The summed E-state index contributed by atoms with van der Waals surface area (Å²) in [5.74, 6) is 0.929. The Labute approximate surface area is 172 Å². The molecule has 1 saturated heterocycles. The third-order valence-electron chi connectivity index (χ3n) is 6.88. The van der Waals surface area contributed by atoms with Crippen LogP contribution in [-0.2, 0) is 11.2 Å². The molecule has 2 aromatic rings. The highest BCUT2D eigenvalue weighted by Gasteiger charge is 2.47. The van der Waals surface area contributed by atoms with Crippen molar-refractivity contribution in [3.63, 3.8) is 0 Å². The van der Waals surface area contributed by atoms with Gasteiger partial charge in [-0.25, -0.2) is 0 Å². The first-order chi connectivity index (χ1) is 14.0. The van der Waals surface area contributed by atoms with Gasteiger partial charge < -0.3 is 9.80 Å². The largest absolute Gasteiger partial charge is 0.342 e. The summed E-state index contributed by atoms with van der Waals surface area (Å²) in [5, 5.41) is 0. The first kappa shape index (κ1) is 18.4. The van der Waals surface area contributed by atoms with Crippen LogP contribution in [0.25, 0.3) is 0 Å². The zero-order chi connectivity index (χ0) is 20.1. The van der Waals surface area contributed by atoms with Gasteiger partial charge in [0.1, 0.15) is 0 Å². The van der Waals surface area contributed by atoms with Crippen LogP contribution < -0.4 is 0 Å². The molecule has 3 aliphatic heterocycles. The molecule has 150 valence electrons. The van der Waals surface area contributed by atoms with Crippen molar-refractivity contribution in [3.05, 3.63) is 70.8 Å². The normalized spacial score (nSPS) is 28.4. The van der Waals surface area contributed by atoms with Gasteiger partial charge in [-0.3, -0.25) is 9.59 Å². The van der Waals surface area contributed by atoms with Crippen molar-refractivity contribution >= 4 is 11.8 Å². The van der Waals surface area contributed by atoms with Crippen molar-refractivity contribution in [2.45, 2.75) is 38.6 Å². The molecule has 2 aromatic carbocycles. The summed E-state index contributed by atoms with van der Waals surface area (Å²) in [5.41, 5.74) is 3.99. The van der Waals surface area contributed by atoms with E-state index in [-0.39, 0.29) is 23.8 Å². The van der Waals surface area contributed by atoms with Crippen LogP contribution in [0.5, 0.6) is 0 Å². The molecule has 4 nitrogen and oxygen atoms in total. The summed E-state index contributed by atoms with van der Waals surface area (Å²) >= 11 is 0. The van der Waals surface area contributed by atoms with Gasteiger partial charge in [0, 0.05) is 25.2 Å². The topological polar surface area (TPSA) is 40.6 Å². The zero-order valence-electron chi connectivity index (χ0n) is 17.2. The maximum absolute atomic E-state index is 14.0. The molecule has 3 heterocycles. The molecule has 29 heavy (non-hydrogen) atoms. The number of piperidine rings is 1. The highest BCUT2D eigenvalue weighted by Crippen LogP contribution is 2.47. The van der Waals surface area contributed by atoms with Crippen LogP contribution in [-0.4, -0.2) is 41.2 Å². The lowest BCUT2D eigenvalue weighted by atomic mass is 9.75. The van der Waals surface area contributed by atoms with Gasteiger partial charge in [0.25, 0.3) is 5.91 Å². The van der Waals surface area contributed by atoms with Gasteiger partial charge in [0.05, 0.1) is 12.0 Å². The number of benzene rings is 2. The van der Waals surface area contributed by atoms with Gasteiger partial charge in [0.2, 0.25) is 5.91 Å². The first-order valence-corrected chi connectivity index (χ1v) is 10.8. The maximum Gasteiger partial charge on any atom is 0.254 e. The van der Waals surface area contributed by atoms with Crippen LogP contribution in [0.2, 0.25) is 0 Å². The van der Waals surface area contributed by atoms with Gasteiger partial charge in [-0.2, -0.15) is 0 Å². The van der Waals surface area contributed by atoms with Crippen molar-refractivity contribution in [2.24, 2.45) is 11.8 Å². The third-order valence-corrected chi connectivity index (χ3v) is 6.88. The quantitative estimate of drug-likeness (QED) is 0.740. The number of rotatable bonds is 1. The minimum atomic E-state index is -0.331. The second kappa shape index (κ2) is 7.01. The first-order valence-electron chi connectivity index (χ1n) is 10.8. The monoisotopic (exact) mass is 388 g/mol. The Morgan fingerprint density at radius 2 is 1.59 bits per heavy atom. The Balaban J connectivity index is 1.64. The molecular weight excluding hydrogens is 360 g/mol. The molecule has 4 heteroatoms. The Kier molecular flexibility index (Phi) is 4.45. The molecule has 0 bridgehead atoms. The number of fused-ring (bicyclic) bond motifs is 4. The van der Waals surface area contributed by atoms with Gasteiger partial charge in [-0.1, -0.05) is 56.3 Å². The fraction of sp³-hybridized carbons (Fsp3) is 0.440. The highest BCUT2D eigenvalue weighted by atomic mass is 16.2. The second-order valence-electron chi connectivity index (χ2n) is 9.15. The Hall–Kier alpha value is -2.62. The van der Waals surface area contributed by atoms with Crippen LogP contribution in [0, 0.1) is 11.8 Å². The molecule has 0 spiro atoms. The van der Waals surface area contributed by atoms with E-state index in [1.54, 1.807) is 0 Å². The molecule has 0 unspecified atom stereocenters. The lowest BCUT2D eigenvalue weighted by Gasteiger charge is -2.47. The fourth-order valence-corrected chi connectivity index (χ4v) is 5.78. The molecule has 5 rings (SSSR count). The summed E-state index contributed by atoms with van der Waals surface area (Å²) in [7, 11) is 0. The van der Waals surface area contributed by atoms with Crippen molar-refractivity contribution in [1.82, 2.24) is 9.80 Å². The van der Waals surface area contributed by atoms with Crippen LogP contribution in [0.15, 0.2) is 48.5 Å². The van der Waals surface area contributed by atoms with Crippen molar-refractivity contribution < 1.29 is 9.59 Å². The Morgan fingerprint density at radius 1 is 0.931 bits per heavy atom. The van der Waals surface area contributed by atoms with E-state index in [0.717, 1.165) is 30.6 Å². The molecule has 2 amide bonds. The number of likely N-dealkylation sites (tertiary alicyclic amines) is 1. The molecule has 1 fully saturated rings. The minimum absolute atomic E-state index is 0.0598. The van der Waals surface area contributed by atoms with Crippen molar-refractivity contribution in [1.29, 1.82) is 0 Å². The average molecular weight is 389 g/mol. The smallest absolute Gasteiger partial charge is 0.254 e. The minimum Gasteiger partial charge on any atom is -0.342 e. The molecule has 0 radical (unpaired) electrons. The highest BCUT2D eigenvalue weighted by molar-refractivity contribution is 6.01. The van der Waals surface area contributed by atoms with Crippen molar-refractivity contribution in [2.75, 3.05) is 19.6 Å². The second-order valence-corrected chi connectivity index (χ2v) is 9.15. The van der Waals surface area contributed by atoms with E-state index in [9.17, 15) is 9.59 Å². The molecular formula is C25H28N2O2. The predicted molar refractivity (Wildman–Crippen MR) is 113 cm³/mol. The average Bonchev–Trinajstić information content (AvgIpc) is 2.73. The fourth-order valence-electron chi connectivity index (χ4n) is 5.78. The van der Waals surface area contributed by atoms with Gasteiger partial charge in [-0.05, 0) is 47.4 Å². The molecule has 3 aliphatic rings. The number of carbonyl (C=O) groups is 2. The number of nitrogens with zero attached hydrogens (tertiary/aromatic N) is 2. The third kappa shape index (κ3) is 2.97. The van der Waals surface area contributed by atoms with Gasteiger partial charge in [0.15, 0.2) is 0 Å². The van der Waals surface area contributed by atoms with Crippen LogP contribution >= 0.6 is 0 Å². The van der Waals surface area contributed by atoms with Crippen LogP contribution in [0.3, 0.4) is 0 Å². The molecule has 0 N–H and O–H groups in total. The predicted octanol–water partition coefficient (Wildman–Crippen LogP) is 4.03. The van der Waals surface area contributed by atoms with E-state index in [0.29, 0.717) is 23.9 Å². The summed E-state index contributed by atoms with van der Waals surface area (Å²) in [6.07, 6.45) is 2.02. The van der Waals surface area contributed by atoms with E-state index in [1.165, 1.54) is 12.0 Å². The van der Waals surface area contributed by atoms with E-state index in [1.807, 2.05) is 35.2 Å². The molecule has 0 saturated carbocycles. The Bertz CT molecular complexity index is 959. The summed E-state index contributed by atoms with van der Waals surface area (Å²) in [6.45, 7) is 6.76.